The van der Waals surface area contributed by atoms with Crippen LogP contribution in [0.25, 0.3) is 0 Å². The summed E-state index contributed by atoms with van der Waals surface area (Å²) in [6.45, 7) is 12.1. The lowest BCUT2D eigenvalue weighted by Gasteiger charge is -2.37. The zero-order valence-electron chi connectivity index (χ0n) is 11.9. The molecule has 0 unspecified atom stereocenters. The Bertz CT molecular complexity index is 380. The van der Waals surface area contributed by atoms with Gasteiger partial charge >= 0.3 is 0 Å². The number of hydrogen-bond acceptors (Lipinski definition) is 5. The van der Waals surface area contributed by atoms with Gasteiger partial charge in [0.15, 0.2) is 5.82 Å². The second-order valence-corrected chi connectivity index (χ2v) is 6.16. The summed E-state index contributed by atoms with van der Waals surface area (Å²) in [6, 6.07) is 0. The first kappa shape index (κ1) is 13.5. The topological polar surface area (TPSA) is 45.4 Å². The van der Waals surface area contributed by atoms with Gasteiger partial charge < -0.3 is 14.3 Å². The third-order valence-electron chi connectivity index (χ3n) is 3.45. The van der Waals surface area contributed by atoms with Crippen molar-refractivity contribution in [1.82, 2.24) is 19.9 Å². The van der Waals surface area contributed by atoms with Gasteiger partial charge in [-0.05, 0) is 19.4 Å². The molecule has 0 radical (unpaired) electrons. The lowest BCUT2D eigenvalue weighted by Crippen LogP contribution is -2.47. The second-order valence-electron chi connectivity index (χ2n) is 6.16. The SMILES string of the molecule is Cc1noc(CC(C)(C)CN2CCN(C)CC2)n1. The molecule has 1 fully saturated rings. The molecule has 18 heavy (non-hydrogen) atoms. The van der Waals surface area contributed by atoms with Crippen LogP contribution in [0.2, 0.25) is 0 Å². The normalized spacial score (nSPS) is 19.3. The Morgan fingerprint density at radius 2 is 1.89 bits per heavy atom. The predicted octanol–water partition coefficient (Wildman–Crippen LogP) is 1.19. The van der Waals surface area contributed by atoms with Crippen molar-refractivity contribution in [2.24, 2.45) is 5.41 Å². The second kappa shape index (κ2) is 5.36. The molecule has 0 atom stereocenters. The molecule has 0 aromatic carbocycles. The Morgan fingerprint density at radius 3 is 2.44 bits per heavy atom. The summed E-state index contributed by atoms with van der Waals surface area (Å²) in [5, 5.41) is 3.85. The number of aryl methyl sites for hydroxylation is 1. The van der Waals surface area contributed by atoms with Gasteiger partial charge in [0.25, 0.3) is 0 Å². The Labute approximate surface area is 109 Å². The molecule has 0 bridgehead atoms. The summed E-state index contributed by atoms with van der Waals surface area (Å²) >= 11 is 0. The molecule has 0 spiro atoms. The van der Waals surface area contributed by atoms with Crippen molar-refractivity contribution in [2.75, 3.05) is 39.8 Å². The molecule has 1 aromatic rings. The highest BCUT2D eigenvalue weighted by Gasteiger charge is 2.26. The van der Waals surface area contributed by atoms with Crippen molar-refractivity contribution in [3.63, 3.8) is 0 Å². The van der Waals surface area contributed by atoms with Crippen LogP contribution in [-0.2, 0) is 6.42 Å². The fourth-order valence-electron chi connectivity index (χ4n) is 2.49. The smallest absolute Gasteiger partial charge is 0.227 e. The average Bonchev–Trinajstić information content (AvgIpc) is 2.66. The van der Waals surface area contributed by atoms with Gasteiger partial charge in [0, 0.05) is 39.1 Å². The molecule has 5 heteroatoms. The van der Waals surface area contributed by atoms with Crippen molar-refractivity contribution in [1.29, 1.82) is 0 Å². The lowest BCUT2D eigenvalue weighted by atomic mass is 9.88. The molecule has 5 nitrogen and oxygen atoms in total. The highest BCUT2D eigenvalue weighted by Crippen LogP contribution is 2.23. The monoisotopic (exact) mass is 252 g/mol. The summed E-state index contributed by atoms with van der Waals surface area (Å²) in [5.74, 6) is 1.48. The third kappa shape index (κ3) is 3.78. The van der Waals surface area contributed by atoms with Crippen molar-refractivity contribution in [2.45, 2.75) is 27.2 Å². The number of rotatable bonds is 4. The number of likely N-dealkylation sites (N-methyl/N-ethyl adjacent to an activating group) is 1. The van der Waals surface area contributed by atoms with Crippen LogP contribution in [0.1, 0.15) is 25.6 Å². The Morgan fingerprint density at radius 1 is 1.22 bits per heavy atom. The van der Waals surface area contributed by atoms with Crippen LogP contribution < -0.4 is 0 Å². The first-order valence-electron chi connectivity index (χ1n) is 6.65. The van der Waals surface area contributed by atoms with Gasteiger partial charge in [-0.3, -0.25) is 0 Å². The van der Waals surface area contributed by atoms with E-state index in [1.165, 1.54) is 0 Å². The van der Waals surface area contributed by atoms with Crippen LogP contribution in [0.5, 0.6) is 0 Å². The van der Waals surface area contributed by atoms with Crippen LogP contribution in [0.3, 0.4) is 0 Å². The van der Waals surface area contributed by atoms with Crippen molar-refractivity contribution in [3.8, 4) is 0 Å². The molecule has 0 aliphatic carbocycles. The first-order chi connectivity index (χ1) is 8.44. The number of nitrogens with zero attached hydrogens (tertiary/aromatic N) is 4. The van der Waals surface area contributed by atoms with E-state index in [-0.39, 0.29) is 5.41 Å². The minimum Gasteiger partial charge on any atom is -0.339 e. The van der Waals surface area contributed by atoms with E-state index in [0.29, 0.717) is 0 Å². The van der Waals surface area contributed by atoms with E-state index >= 15 is 0 Å². The van der Waals surface area contributed by atoms with Crippen molar-refractivity contribution < 1.29 is 4.52 Å². The summed E-state index contributed by atoms with van der Waals surface area (Å²) in [6.07, 6.45) is 0.847. The van der Waals surface area contributed by atoms with Gasteiger partial charge in [0.1, 0.15) is 0 Å². The molecule has 0 saturated carbocycles. The van der Waals surface area contributed by atoms with Crippen molar-refractivity contribution in [3.05, 3.63) is 11.7 Å². The summed E-state index contributed by atoms with van der Waals surface area (Å²) in [4.78, 5) is 9.21. The number of piperazine rings is 1. The summed E-state index contributed by atoms with van der Waals surface area (Å²) in [7, 11) is 2.18. The maximum atomic E-state index is 5.22. The number of hydrogen-bond donors (Lipinski definition) is 0. The molecule has 1 aliphatic rings. The van der Waals surface area contributed by atoms with Crippen LogP contribution in [0.4, 0.5) is 0 Å². The molecule has 1 aliphatic heterocycles. The van der Waals surface area contributed by atoms with Gasteiger partial charge in [-0.15, -0.1) is 0 Å². The van der Waals surface area contributed by atoms with Crippen LogP contribution >= 0.6 is 0 Å². The van der Waals surface area contributed by atoms with E-state index in [2.05, 4.69) is 40.8 Å². The minimum absolute atomic E-state index is 0.175. The molecule has 102 valence electrons. The molecule has 2 heterocycles. The van der Waals surface area contributed by atoms with Gasteiger partial charge in [0.2, 0.25) is 5.89 Å². The Hall–Kier alpha value is -0.940. The van der Waals surface area contributed by atoms with Gasteiger partial charge in [-0.1, -0.05) is 19.0 Å². The Kier molecular flexibility index (Phi) is 4.02. The van der Waals surface area contributed by atoms with E-state index < -0.39 is 0 Å². The van der Waals surface area contributed by atoms with Gasteiger partial charge in [0.05, 0.1) is 0 Å². The van der Waals surface area contributed by atoms with E-state index in [4.69, 9.17) is 4.52 Å². The largest absolute Gasteiger partial charge is 0.339 e. The third-order valence-corrected chi connectivity index (χ3v) is 3.45. The molecule has 1 saturated heterocycles. The molecular formula is C13H24N4O. The zero-order valence-corrected chi connectivity index (χ0v) is 11.9. The Balaban J connectivity index is 1.86. The standard InChI is InChI=1S/C13H24N4O/c1-11-14-12(18-15-11)9-13(2,3)10-17-7-5-16(4)6-8-17/h5-10H2,1-4H3. The minimum atomic E-state index is 0.175. The quantitative estimate of drug-likeness (QED) is 0.805. The zero-order chi connectivity index (χ0) is 13.2. The highest BCUT2D eigenvalue weighted by molar-refractivity contribution is 4.90. The van der Waals surface area contributed by atoms with Crippen LogP contribution in [-0.4, -0.2) is 59.7 Å². The lowest BCUT2D eigenvalue weighted by molar-refractivity contribution is 0.107. The fourth-order valence-corrected chi connectivity index (χ4v) is 2.49. The predicted molar refractivity (Wildman–Crippen MR) is 70.5 cm³/mol. The molecule has 1 aromatic heterocycles. The average molecular weight is 252 g/mol. The molecule has 0 amide bonds. The van der Waals surface area contributed by atoms with Crippen LogP contribution in [0.15, 0.2) is 4.52 Å². The molecule has 2 rings (SSSR count). The maximum absolute atomic E-state index is 5.22. The molecular weight excluding hydrogens is 228 g/mol. The molecule has 0 N–H and O–H groups in total. The van der Waals surface area contributed by atoms with Gasteiger partial charge in [-0.25, -0.2) is 0 Å². The highest BCUT2D eigenvalue weighted by atomic mass is 16.5. The van der Waals surface area contributed by atoms with E-state index in [1.54, 1.807) is 0 Å². The van der Waals surface area contributed by atoms with Crippen molar-refractivity contribution >= 4 is 0 Å². The van der Waals surface area contributed by atoms with Gasteiger partial charge in [-0.2, -0.15) is 4.98 Å². The number of aromatic nitrogens is 2. The fraction of sp³-hybridized carbons (Fsp3) is 0.846. The summed E-state index contributed by atoms with van der Waals surface area (Å²) < 4.78 is 5.22. The van der Waals surface area contributed by atoms with E-state index in [1.807, 2.05) is 6.92 Å². The first-order valence-corrected chi connectivity index (χ1v) is 6.65. The van der Waals surface area contributed by atoms with E-state index in [0.717, 1.165) is 50.9 Å². The van der Waals surface area contributed by atoms with Crippen LogP contribution in [0, 0.1) is 12.3 Å². The summed E-state index contributed by atoms with van der Waals surface area (Å²) in [5.41, 5.74) is 0.175. The maximum Gasteiger partial charge on any atom is 0.227 e. The van der Waals surface area contributed by atoms with E-state index in [9.17, 15) is 0 Å².